The standard InChI is InChI=1S/C34H31N5O5S3/c1-44-38-26(29(40)36-27-30(41)39-28(32(42)43)21(18-45-2)19-46-31(27)39)25-20-47-33(35-25)37-34(22-12-6-3-7-13-22,23-14-8-4-9-15-23)24-16-10-5-11-17-24/h3-17,20,27,31H,18-19H2,1-2H3,(H,35,37)(H,36,40)(H,42,43)/t27?,31-/m1/s1. The van der Waals surface area contributed by atoms with Gasteiger partial charge in [-0.1, -0.05) is 96.2 Å². The van der Waals surface area contributed by atoms with Gasteiger partial charge in [0.25, 0.3) is 11.8 Å². The molecular formula is C34H31N5O5S3. The van der Waals surface area contributed by atoms with E-state index in [1.165, 1.54) is 46.9 Å². The molecule has 1 fully saturated rings. The van der Waals surface area contributed by atoms with Gasteiger partial charge in [0.15, 0.2) is 10.8 Å². The number of anilines is 1. The molecule has 1 saturated heterocycles. The number of thiazole rings is 1. The van der Waals surface area contributed by atoms with Gasteiger partial charge in [-0.15, -0.1) is 23.1 Å². The molecule has 0 bridgehead atoms. The normalized spacial score (nSPS) is 17.9. The topological polar surface area (TPSA) is 133 Å². The van der Waals surface area contributed by atoms with Crippen molar-refractivity contribution in [3.8, 4) is 0 Å². The lowest BCUT2D eigenvalue weighted by Gasteiger charge is -2.49. The largest absolute Gasteiger partial charge is 0.477 e. The molecule has 6 rings (SSSR count). The summed E-state index contributed by atoms with van der Waals surface area (Å²) in [6.07, 6.45) is 1.88. The number of oxime groups is 1. The third-order valence-corrected chi connectivity index (χ3v) is 10.6. The summed E-state index contributed by atoms with van der Waals surface area (Å²) in [4.78, 5) is 49.9. The van der Waals surface area contributed by atoms with E-state index in [1.807, 2.05) is 60.9 Å². The number of rotatable bonds is 12. The maximum Gasteiger partial charge on any atom is 0.352 e. The van der Waals surface area contributed by atoms with Crippen LogP contribution < -0.4 is 10.6 Å². The highest BCUT2D eigenvalue weighted by molar-refractivity contribution is 8.00. The molecule has 1 aromatic heterocycles. The number of nitrogens with one attached hydrogen (secondary N) is 2. The Balaban J connectivity index is 1.29. The Labute approximate surface area is 284 Å². The molecule has 1 unspecified atom stereocenters. The molecule has 0 saturated carbocycles. The fourth-order valence-corrected chi connectivity index (χ4v) is 8.67. The maximum absolute atomic E-state index is 13.6. The van der Waals surface area contributed by atoms with Crippen LogP contribution in [0.1, 0.15) is 22.4 Å². The van der Waals surface area contributed by atoms with Crippen molar-refractivity contribution in [2.24, 2.45) is 5.16 Å². The summed E-state index contributed by atoms with van der Waals surface area (Å²) in [6, 6.07) is 29.3. The second-order valence-corrected chi connectivity index (χ2v) is 13.5. The molecule has 3 N–H and O–H groups in total. The second kappa shape index (κ2) is 14.0. The molecule has 0 radical (unpaired) electrons. The van der Waals surface area contributed by atoms with Crippen LogP contribution in [0.5, 0.6) is 0 Å². The first-order valence-electron chi connectivity index (χ1n) is 14.6. The molecule has 0 spiro atoms. The van der Waals surface area contributed by atoms with Crippen LogP contribution in [0.2, 0.25) is 0 Å². The van der Waals surface area contributed by atoms with Crippen LogP contribution in [0.3, 0.4) is 0 Å². The first kappa shape index (κ1) is 32.4. The van der Waals surface area contributed by atoms with E-state index < -0.39 is 34.7 Å². The predicted octanol–water partition coefficient (Wildman–Crippen LogP) is 5.00. The molecule has 10 nitrogen and oxygen atoms in total. The fraction of sp³-hybridized carbons (Fsp3) is 0.206. The zero-order chi connectivity index (χ0) is 33.0. The Hall–Kier alpha value is -4.59. The number of benzene rings is 3. The van der Waals surface area contributed by atoms with E-state index in [9.17, 15) is 19.5 Å². The number of aliphatic carboxylic acids is 1. The molecule has 13 heteroatoms. The van der Waals surface area contributed by atoms with E-state index in [0.29, 0.717) is 22.2 Å². The van der Waals surface area contributed by atoms with Crippen molar-refractivity contribution in [2.45, 2.75) is 17.0 Å². The lowest BCUT2D eigenvalue weighted by atomic mass is 9.77. The summed E-state index contributed by atoms with van der Waals surface area (Å²) in [5.41, 5.74) is 2.98. The number of aromatic nitrogens is 1. The second-order valence-electron chi connectivity index (χ2n) is 10.7. The molecule has 47 heavy (non-hydrogen) atoms. The van der Waals surface area contributed by atoms with E-state index in [1.54, 1.807) is 5.38 Å². The van der Waals surface area contributed by atoms with Crippen LogP contribution in [0, 0.1) is 0 Å². The molecule has 0 aliphatic carbocycles. The van der Waals surface area contributed by atoms with Crippen LogP contribution in [0.15, 0.2) is 113 Å². The molecule has 2 atom stereocenters. The minimum atomic E-state index is -1.15. The van der Waals surface area contributed by atoms with Crippen LogP contribution in [-0.2, 0) is 24.8 Å². The van der Waals surface area contributed by atoms with Crippen molar-refractivity contribution < 1.29 is 24.3 Å². The van der Waals surface area contributed by atoms with Crippen molar-refractivity contribution in [1.82, 2.24) is 15.2 Å². The van der Waals surface area contributed by atoms with E-state index in [4.69, 9.17) is 9.82 Å². The smallest absolute Gasteiger partial charge is 0.352 e. The fourth-order valence-electron chi connectivity index (χ4n) is 5.86. The van der Waals surface area contributed by atoms with Gasteiger partial charge in [0.05, 0.1) is 0 Å². The van der Waals surface area contributed by atoms with Crippen molar-refractivity contribution in [3.63, 3.8) is 0 Å². The number of hydrogen-bond donors (Lipinski definition) is 3. The van der Waals surface area contributed by atoms with Crippen LogP contribution in [0.4, 0.5) is 5.13 Å². The lowest BCUT2D eigenvalue weighted by Crippen LogP contribution is -2.71. The highest BCUT2D eigenvalue weighted by Crippen LogP contribution is 2.42. The van der Waals surface area contributed by atoms with Gasteiger partial charge in [0.2, 0.25) is 0 Å². The third kappa shape index (κ3) is 6.13. The van der Waals surface area contributed by atoms with Gasteiger partial charge >= 0.3 is 5.97 Å². The molecule has 240 valence electrons. The number of nitrogens with zero attached hydrogens (tertiary/aromatic N) is 3. The number of carbonyl (C=O) groups is 3. The van der Waals surface area contributed by atoms with Gasteiger partial charge in [-0.2, -0.15) is 11.8 Å². The van der Waals surface area contributed by atoms with Gasteiger partial charge < -0.3 is 20.6 Å². The summed E-state index contributed by atoms with van der Waals surface area (Å²) in [5, 5.41) is 22.0. The Morgan fingerprint density at radius 1 is 1.02 bits per heavy atom. The number of hydrogen-bond acceptors (Lipinski definition) is 10. The zero-order valence-electron chi connectivity index (χ0n) is 25.5. The van der Waals surface area contributed by atoms with Gasteiger partial charge in [-0.25, -0.2) is 9.78 Å². The number of fused-ring (bicyclic) bond motifs is 1. The summed E-state index contributed by atoms with van der Waals surface area (Å²) >= 11 is 4.22. The highest BCUT2D eigenvalue weighted by Gasteiger charge is 2.54. The van der Waals surface area contributed by atoms with E-state index in [2.05, 4.69) is 52.2 Å². The zero-order valence-corrected chi connectivity index (χ0v) is 27.9. The number of thioether (sulfide) groups is 2. The SMILES string of the molecule is CON=C(C(=O)NC1C(=O)N2C(C(=O)O)=C(CSC)CS[C@H]12)c1csc(NC(c2ccccc2)(c2ccccc2)c2ccccc2)n1. The average Bonchev–Trinajstić information content (AvgIpc) is 3.57. The van der Waals surface area contributed by atoms with Crippen LogP contribution in [0.25, 0.3) is 0 Å². The van der Waals surface area contributed by atoms with Gasteiger partial charge in [0, 0.05) is 16.9 Å². The number of β-lactam (4-membered cyclic amide) rings is 1. The number of amides is 2. The third-order valence-electron chi connectivity index (χ3n) is 7.91. The minimum Gasteiger partial charge on any atom is -0.477 e. The molecule has 4 aromatic rings. The number of carboxylic acid groups (broad SMARTS) is 1. The minimum absolute atomic E-state index is 0.00155. The molecule has 3 heterocycles. The number of carbonyl (C=O) groups excluding carboxylic acids is 2. The summed E-state index contributed by atoms with van der Waals surface area (Å²) in [7, 11) is 1.33. The first-order chi connectivity index (χ1) is 22.9. The Bertz CT molecular complexity index is 1740. The lowest BCUT2D eigenvalue weighted by molar-refractivity contribution is -0.150. The molecule has 2 aliphatic heterocycles. The average molecular weight is 686 g/mol. The van der Waals surface area contributed by atoms with Gasteiger partial charge in [-0.3, -0.25) is 14.5 Å². The van der Waals surface area contributed by atoms with Crippen molar-refractivity contribution in [3.05, 3.63) is 130 Å². The van der Waals surface area contributed by atoms with Crippen molar-refractivity contribution in [2.75, 3.05) is 30.2 Å². The van der Waals surface area contributed by atoms with Crippen molar-refractivity contribution >= 4 is 63.5 Å². The molecular weight excluding hydrogens is 655 g/mol. The highest BCUT2D eigenvalue weighted by atomic mass is 32.2. The predicted molar refractivity (Wildman–Crippen MR) is 187 cm³/mol. The van der Waals surface area contributed by atoms with Gasteiger partial charge in [0.1, 0.15) is 35.5 Å². The Kier molecular flexibility index (Phi) is 9.66. The summed E-state index contributed by atoms with van der Waals surface area (Å²) < 4.78 is 0. The summed E-state index contributed by atoms with van der Waals surface area (Å²) in [6.45, 7) is 0. The van der Waals surface area contributed by atoms with E-state index in [0.717, 1.165) is 16.7 Å². The monoisotopic (exact) mass is 685 g/mol. The number of carboxylic acids is 1. The van der Waals surface area contributed by atoms with Gasteiger partial charge in [-0.05, 0) is 28.5 Å². The van der Waals surface area contributed by atoms with Crippen molar-refractivity contribution in [1.29, 1.82) is 0 Å². The Morgan fingerprint density at radius 2 is 1.60 bits per heavy atom. The maximum atomic E-state index is 13.6. The first-order valence-corrected chi connectivity index (χ1v) is 17.9. The molecule has 3 aromatic carbocycles. The molecule has 2 aliphatic rings. The van der Waals surface area contributed by atoms with Crippen LogP contribution >= 0.6 is 34.9 Å². The van der Waals surface area contributed by atoms with Crippen LogP contribution in [-0.4, -0.2) is 74.8 Å². The molecule has 2 amide bonds. The summed E-state index contributed by atoms with van der Waals surface area (Å²) in [5.74, 6) is -1.33. The van der Waals surface area contributed by atoms with E-state index in [-0.39, 0.29) is 17.1 Å². The quantitative estimate of drug-likeness (QED) is 0.0816. The van der Waals surface area contributed by atoms with E-state index >= 15 is 0 Å². The Morgan fingerprint density at radius 3 is 2.11 bits per heavy atom.